The van der Waals surface area contributed by atoms with Gasteiger partial charge in [0.25, 0.3) is 5.91 Å². The van der Waals surface area contributed by atoms with E-state index in [1.807, 2.05) is 12.1 Å². The van der Waals surface area contributed by atoms with E-state index >= 15 is 0 Å². The van der Waals surface area contributed by atoms with Crippen molar-refractivity contribution in [3.8, 4) is 0 Å². The monoisotopic (exact) mass is 397 g/mol. The van der Waals surface area contributed by atoms with Crippen molar-refractivity contribution in [2.75, 3.05) is 19.8 Å². The Hall–Kier alpha value is -2.70. The van der Waals surface area contributed by atoms with Crippen LogP contribution in [0.2, 0.25) is 0 Å². The summed E-state index contributed by atoms with van der Waals surface area (Å²) in [4.78, 5) is 25.0. The minimum Gasteiger partial charge on any atom is -0.464 e. The van der Waals surface area contributed by atoms with Gasteiger partial charge in [0, 0.05) is 11.5 Å². The molecule has 3 rings (SSSR count). The summed E-state index contributed by atoms with van der Waals surface area (Å²) >= 11 is 0. The molecule has 0 radical (unpaired) electrons. The molecule has 1 amide bonds. The maximum absolute atomic E-state index is 12.6. The van der Waals surface area contributed by atoms with Crippen molar-refractivity contribution in [2.45, 2.75) is 31.4 Å². The SMILES string of the molecule is O=C(N[C@@H](c1ccccc1)[C@@H](O)C(=O)OCCCCC1COC1)c1ccccc1. The molecule has 1 aliphatic rings. The number of benzene rings is 2. The fraction of sp³-hybridized carbons (Fsp3) is 0.391. The van der Waals surface area contributed by atoms with Crippen LogP contribution in [-0.2, 0) is 14.3 Å². The van der Waals surface area contributed by atoms with Crippen molar-refractivity contribution >= 4 is 11.9 Å². The van der Waals surface area contributed by atoms with Crippen molar-refractivity contribution in [3.63, 3.8) is 0 Å². The van der Waals surface area contributed by atoms with Gasteiger partial charge in [-0.25, -0.2) is 4.79 Å². The molecule has 2 N–H and O–H groups in total. The zero-order valence-corrected chi connectivity index (χ0v) is 16.3. The molecule has 2 aromatic rings. The first-order valence-corrected chi connectivity index (χ1v) is 9.98. The summed E-state index contributed by atoms with van der Waals surface area (Å²) < 4.78 is 10.4. The molecule has 0 saturated carbocycles. The van der Waals surface area contributed by atoms with Crippen LogP contribution in [0.1, 0.15) is 41.2 Å². The van der Waals surface area contributed by atoms with Crippen LogP contribution in [0, 0.1) is 5.92 Å². The number of nitrogens with one attached hydrogen (secondary N) is 1. The number of carbonyl (C=O) groups is 2. The lowest BCUT2D eigenvalue weighted by molar-refractivity contribution is -0.155. The topological polar surface area (TPSA) is 84.9 Å². The number of carbonyl (C=O) groups excluding carboxylic acids is 2. The highest BCUT2D eigenvalue weighted by Crippen LogP contribution is 2.20. The van der Waals surface area contributed by atoms with E-state index in [4.69, 9.17) is 9.47 Å². The van der Waals surface area contributed by atoms with Crippen molar-refractivity contribution in [1.29, 1.82) is 0 Å². The minimum absolute atomic E-state index is 0.248. The van der Waals surface area contributed by atoms with Gasteiger partial charge in [-0.1, -0.05) is 48.5 Å². The summed E-state index contributed by atoms with van der Waals surface area (Å²) in [7, 11) is 0. The van der Waals surface area contributed by atoms with E-state index in [1.165, 1.54) is 0 Å². The van der Waals surface area contributed by atoms with Crippen LogP contribution in [0.3, 0.4) is 0 Å². The summed E-state index contributed by atoms with van der Waals surface area (Å²) in [5.74, 6) is -0.486. The van der Waals surface area contributed by atoms with Gasteiger partial charge in [0.15, 0.2) is 6.10 Å². The molecule has 29 heavy (non-hydrogen) atoms. The van der Waals surface area contributed by atoms with E-state index in [9.17, 15) is 14.7 Å². The number of aliphatic hydroxyl groups is 1. The normalized spacial score (nSPS) is 15.8. The Labute approximate surface area is 170 Å². The number of unbranched alkanes of at least 4 members (excludes halogenated alkanes) is 1. The molecule has 6 heteroatoms. The molecular weight excluding hydrogens is 370 g/mol. The van der Waals surface area contributed by atoms with E-state index in [0.717, 1.165) is 32.5 Å². The Kier molecular flexibility index (Phi) is 7.78. The Morgan fingerprint density at radius 1 is 1.03 bits per heavy atom. The van der Waals surface area contributed by atoms with Gasteiger partial charge in [-0.3, -0.25) is 4.79 Å². The lowest BCUT2D eigenvalue weighted by Crippen LogP contribution is -2.41. The van der Waals surface area contributed by atoms with Crippen molar-refractivity contribution in [3.05, 3.63) is 71.8 Å². The molecule has 0 bridgehead atoms. The molecule has 154 valence electrons. The highest BCUT2D eigenvalue weighted by Gasteiger charge is 2.30. The van der Waals surface area contributed by atoms with Crippen LogP contribution in [0.15, 0.2) is 60.7 Å². The summed E-state index contributed by atoms with van der Waals surface area (Å²) in [6, 6.07) is 16.7. The molecule has 1 heterocycles. The van der Waals surface area contributed by atoms with Crippen LogP contribution in [0.25, 0.3) is 0 Å². The van der Waals surface area contributed by atoms with Gasteiger partial charge in [0.05, 0.1) is 25.9 Å². The van der Waals surface area contributed by atoms with Gasteiger partial charge in [0.2, 0.25) is 0 Å². The Morgan fingerprint density at radius 3 is 2.31 bits per heavy atom. The zero-order valence-electron chi connectivity index (χ0n) is 16.3. The van der Waals surface area contributed by atoms with E-state index in [2.05, 4.69) is 5.32 Å². The number of amides is 1. The second kappa shape index (κ2) is 10.7. The van der Waals surface area contributed by atoms with E-state index in [1.54, 1.807) is 48.5 Å². The van der Waals surface area contributed by atoms with Crippen LogP contribution >= 0.6 is 0 Å². The minimum atomic E-state index is -1.50. The van der Waals surface area contributed by atoms with Crippen LogP contribution in [0.4, 0.5) is 0 Å². The third kappa shape index (κ3) is 6.14. The number of hydrogen-bond acceptors (Lipinski definition) is 5. The molecule has 0 unspecified atom stereocenters. The highest BCUT2D eigenvalue weighted by atomic mass is 16.5. The van der Waals surface area contributed by atoms with Crippen molar-refractivity contribution < 1.29 is 24.2 Å². The van der Waals surface area contributed by atoms with Gasteiger partial charge in [-0.15, -0.1) is 0 Å². The van der Waals surface area contributed by atoms with E-state index in [0.29, 0.717) is 17.0 Å². The third-order valence-corrected chi connectivity index (χ3v) is 5.00. The maximum atomic E-state index is 12.6. The predicted octanol–water partition coefficient (Wildman–Crippen LogP) is 2.88. The standard InChI is InChI=1S/C23H27NO5/c25-21(23(27)29-14-8-7-9-17-15-28-16-17)20(18-10-3-1-4-11-18)24-22(26)19-12-5-2-6-13-19/h1-6,10-13,17,20-21,25H,7-9,14-16H2,(H,24,26)/t20-,21+/m0/s1. The molecule has 1 aliphatic heterocycles. The molecule has 0 spiro atoms. The van der Waals surface area contributed by atoms with E-state index < -0.39 is 18.1 Å². The average Bonchev–Trinajstić information content (AvgIpc) is 2.73. The summed E-state index contributed by atoms with van der Waals surface area (Å²) in [5, 5.41) is 13.4. The highest BCUT2D eigenvalue weighted by molar-refractivity contribution is 5.94. The van der Waals surface area contributed by atoms with Crippen LogP contribution < -0.4 is 5.32 Å². The fourth-order valence-electron chi connectivity index (χ4n) is 3.20. The molecule has 1 saturated heterocycles. The lowest BCUT2D eigenvalue weighted by Gasteiger charge is -2.25. The fourth-order valence-corrected chi connectivity index (χ4v) is 3.20. The van der Waals surface area contributed by atoms with Crippen molar-refractivity contribution in [1.82, 2.24) is 5.32 Å². The number of rotatable bonds is 10. The van der Waals surface area contributed by atoms with Gasteiger partial charge in [0.1, 0.15) is 0 Å². The number of ether oxygens (including phenoxy) is 2. The van der Waals surface area contributed by atoms with Crippen molar-refractivity contribution in [2.24, 2.45) is 5.92 Å². The van der Waals surface area contributed by atoms with Gasteiger partial charge >= 0.3 is 5.97 Å². The van der Waals surface area contributed by atoms with Crippen LogP contribution in [0.5, 0.6) is 0 Å². The van der Waals surface area contributed by atoms with Crippen LogP contribution in [-0.4, -0.2) is 42.9 Å². The molecule has 1 fully saturated rings. The Bertz CT molecular complexity index is 776. The van der Waals surface area contributed by atoms with Gasteiger partial charge in [-0.05, 0) is 37.0 Å². The van der Waals surface area contributed by atoms with E-state index in [-0.39, 0.29) is 12.5 Å². The first-order valence-electron chi connectivity index (χ1n) is 9.98. The number of hydrogen-bond donors (Lipinski definition) is 2. The molecule has 0 aromatic heterocycles. The summed E-state index contributed by atoms with van der Waals surface area (Å²) in [6.07, 6.45) is 1.25. The largest absolute Gasteiger partial charge is 0.464 e. The zero-order chi connectivity index (χ0) is 20.5. The second-order valence-corrected chi connectivity index (χ2v) is 7.24. The lowest BCUT2D eigenvalue weighted by atomic mass is 10.0. The maximum Gasteiger partial charge on any atom is 0.337 e. The molecule has 2 atom stereocenters. The first-order chi connectivity index (χ1) is 14.1. The van der Waals surface area contributed by atoms with Gasteiger partial charge < -0.3 is 19.9 Å². The Balaban J connectivity index is 1.57. The number of aliphatic hydroxyl groups excluding tert-OH is 1. The second-order valence-electron chi connectivity index (χ2n) is 7.24. The Morgan fingerprint density at radius 2 is 1.69 bits per heavy atom. The molecule has 6 nitrogen and oxygen atoms in total. The molecule has 2 aromatic carbocycles. The summed E-state index contributed by atoms with van der Waals surface area (Å²) in [6.45, 7) is 1.88. The molecular formula is C23H27NO5. The number of esters is 1. The smallest absolute Gasteiger partial charge is 0.337 e. The predicted molar refractivity (Wildman–Crippen MR) is 108 cm³/mol. The summed E-state index contributed by atoms with van der Waals surface area (Å²) in [5.41, 5.74) is 1.08. The first kappa shape index (κ1) is 21.0. The molecule has 0 aliphatic carbocycles. The van der Waals surface area contributed by atoms with Gasteiger partial charge in [-0.2, -0.15) is 0 Å². The quantitative estimate of drug-likeness (QED) is 0.476. The average molecular weight is 397 g/mol. The third-order valence-electron chi connectivity index (χ3n) is 5.00.